The summed E-state index contributed by atoms with van der Waals surface area (Å²) in [5, 5.41) is 5.54. The van der Waals surface area contributed by atoms with E-state index >= 15 is 0 Å². The number of anilines is 2. The first-order valence-electron chi connectivity index (χ1n) is 9.73. The maximum atomic E-state index is 13.1. The van der Waals surface area contributed by atoms with Gasteiger partial charge in [-0.15, -0.1) is 0 Å². The van der Waals surface area contributed by atoms with Crippen LogP contribution in [0.25, 0.3) is 21.8 Å². The van der Waals surface area contributed by atoms with Crippen molar-refractivity contribution in [3.8, 4) is 0 Å². The van der Waals surface area contributed by atoms with E-state index in [9.17, 15) is 4.79 Å². The second-order valence-electron chi connectivity index (χ2n) is 7.27. The molecule has 32 heavy (non-hydrogen) atoms. The number of halogens is 2. The first kappa shape index (κ1) is 21.7. The molecule has 0 bridgehead atoms. The number of fused-ring (bicyclic) bond motifs is 3. The van der Waals surface area contributed by atoms with Gasteiger partial charge in [-0.25, -0.2) is 9.98 Å². The molecular weight excluding hydrogens is 449 g/mol. The number of benzene rings is 2. The zero-order valence-corrected chi connectivity index (χ0v) is 18.9. The molecule has 0 radical (unpaired) electrons. The summed E-state index contributed by atoms with van der Waals surface area (Å²) in [6.07, 6.45) is 3.77. The maximum absolute atomic E-state index is 13.1. The van der Waals surface area contributed by atoms with Gasteiger partial charge < -0.3 is 26.3 Å². The number of aromatic amines is 1. The van der Waals surface area contributed by atoms with Gasteiger partial charge in [0.1, 0.15) is 0 Å². The van der Waals surface area contributed by atoms with Crippen LogP contribution in [-0.4, -0.2) is 20.5 Å². The second-order valence-corrected chi connectivity index (χ2v) is 8.09. The fourth-order valence-corrected chi connectivity index (χ4v) is 4.15. The van der Waals surface area contributed by atoms with Crippen LogP contribution in [0.3, 0.4) is 0 Å². The monoisotopic (exact) mass is 469 g/mol. The van der Waals surface area contributed by atoms with Crippen molar-refractivity contribution in [1.82, 2.24) is 14.5 Å². The lowest BCUT2D eigenvalue weighted by atomic mass is 10.0. The van der Waals surface area contributed by atoms with E-state index in [0.717, 1.165) is 16.6 Å². The number of aliphatic imine (C=N–C) groups is 1. The number of aryl methyl sites for hydroxylation is 2. The topological polar surface area (TPSA) is 127 Å². The smallest absolute Gasteiger partial charge is 0.258 e. The molecule has 164 valence electrons. The van der Waals surface area contributed by atoms with Crippen LogP contribution < -0.4 is 22.3 Å². The molecule has 0 unspecified atom stereocenters. The minimum absolute atomic E-state index is 0.0222. The fraction of sp³-hybridized carbons (Fsp3) is 0.136. The lowest BCUT2D eigenvalue weighted by Gasteiger charge is -2.11. The number of nitrogens with one attached hydrogen (secondary N) is 2. The molecule has 8 nitrogen and oxygen atoms in total. The molecule has 0 amide bonds. The molecule has 0 aliphatic carbocycles. The third kappa shape index (κ3) is 3.90. The quantitative estimate of drug-likeness (QED) is 0.258. The minimum atomic E-state index is -0.202. The maximum Gasteiger partial charge on any atom is 0.258 e. The van der Waals surface area contributed by atoms with E-state index < -0.39 is 0 Å². The molecule has 4 aromatic rings. The number of pyridine rings is 1. The van der Waals surface area contributed by atoms with Crippen molar-refractivity contribution in [1.29, 1.82) is 0 Å². The summed E-state index contributed by atoms with van der Waals surface area (Å²) in [7, 11) is 1.84. The molecule has 0 aliphatic heterocycles. The summed E-state index contributed by atoms with van der Waals surface area (Å²) in [6, 6.07) is 9.05. The Bertz CT molecular complexity index is 1440. The van der Waals surface area contributed by atoms with E-state index in [2.05, 4.69) is 20.3 Å². The van der Waals surface area contributed by atoms with Gasteiger partial charge in [0.15, 0.2) is 5.96 Å². The van der Waals surface area contributed by atoms with Crippen LogP contribution in [0.5, 0.6) is 0 Å². The molecule has 0 fully saturated rings. The number of guanidine groups is 1. The molecule has 4 rings (SSSR count). The van der Waals surface area contributed by atoms with Crippen LogP contribution in [-0.2, 0) is 13.5 Å². The number of para-hydroxylation sites is 1. The lowest BCUT2D eigenvalue weighted by Crippen LogP contribution is -2.21. The highest BCUT2D eigenvalue weighted by molar-refractivity contribution is 6.39. The molecule has 2 aromatic carbocycles. The molecule has 2 heterocycles. The van der Waals surface area contributed by atoms with E-state index in [1.165, 1.54) is 6.20 Å². The van der Waals surface area contributed by atoms with E-state index in [4.69, 9.17) is 34.7 Å². The molecule has 2 aromatic heterocycles. The normalized spacial score (nSPS) is 11.5. The highest BCUT2D eigenvalue weighted by Crippen LogP contribution is 2.34. The highest BCUT2D eigenvalue weighted by Gasteiger charge is 2.17. The van der Waals surface area contributed by atoms with Crippen molar-refractivity contribution in [3.63, 3.8) is 0 Å². The molecule has 0 atom stereocenters. The Labute approximate surface area is 193 Å². The number of rotatable bonds is 5. The highest BCUT2D eigenvalue weighted by atomic mass is 35.5. The van der Waals surface area contributed by atoms with E-state index in [-0.39, 0.29) is 11.5 Å². The van der Waals surface area contributed by atoms with Crippen LogP contribution in [0.1, 0.15) is 11.3 Å². The van der Waals surface area contributed by atoms with Crippen molar-refractivity contribution < 1.29 is 0 Å². The molecule has 10 heteroatoms. The van der Waals surface area contributed by atoms with Gasteiger partial charge in [0.25, 0.3) is 5.56 Å². The van der Waals surface area contributed by atoms with Crippen LogP contribution in [0.15, 0.2) is 52.4 Å². The molecule has 6 N–H and O–H groups in total. The average molecular weight is 470 g/mol. The molecule has 0 spiro atoms. The number of nitrogens with two attached hydrogens (primary N) is 2. The first-order valence-corrected chi connectivity index (χ1v) is 10.5. The largest absolute Gasteiger partial charge is 0.370 e. The van der Waals surface area contributed by atoms with Crippen LogP contribution in [0.2, 0.25) is 10.0 Å². The van der Waals surface area contributed by atoms with Crippen molar-refractivity contribution in [2.75, 3.05) is 5.32 Å². The zero-order chi connectivity index (χ0) is 23.0. The van der Waals surface area contributed by atoms with E-state index in [1.807, 2.05) is 30.7 Å². The predicted octanol–water partition coefficient (Wildman–Crippen LogP) is 4.10. The molecular formula is C22H21Cl2N7O. The Hall–Kier alpha value is -3.49. The standard InChI is InChI=1S/C22H21Cl2N7O/c1-11-12-8-9-16-19(17(12)20(32)28-15(11)7-4-10-27-21(25)26)31(2)22(29-16)30-18-13(23)5-3-6-14(18)24/h3-6,8-10H,7H2,1-2H3,(H,28,32)(H,29,30)(H4,25,26,27)/b10-4+. The van der Waals surface area contributed by atoms with Gasteiger partial charge in [-0.05, 0) is 36.1 Å². The molecule has 0 aliphatic rings. The van der Waals surface area contributed by atoms with Gasteiger partial charge in [0.2, 0.25) is 5.95 Å². The van der Waals surface area contributed by atoms with Crippen molar-refractivity contribution in [2.24, 2.45) is 23.5 Å². The molecule has 0 saturated carbocycles. The summed E-state index contributed by atoms with van der Waals surface area (Å²) in [5.41, 5.74) is 14.1. The summed E-state index contributed by atoms with van der Waals surface area (Å²) in [5.74, 6) is 0.495. The number of nitrogens with zero attached hydrogens (tertiary/aromatic N) is 3. The van der Waals surface area contributed by atoms with E-state index in [1.54, 1.807) is 24.3 Å². The number of hydrogen-bond acceptors (Lipinski definition) is 4. The van der Waals surface area contributed by atoms with E-state index in [0.29, 0.717) is 44.5 Å². The molecule has 0 saturated heterocycles. The summed E-state index contributed by atoms with van der Waals surface area (Å²) in [6.45, 7) is 1.97. The Kier molecular flexibility index (Phi) is 5.82. The number of allylic oxidation sites excluding steroid dienone is 1. The van der Waals surface area contributed by atoms with Gasteiger partial charge in [-0.2, -0.15) is 0 Å². The lowest BCUT2D eigenvalue weighted by molar-refractivity contribution is 0.959. The number of imidazole rings is 1. The second kappa shape index (κ2) is 8.57. The van der Waals surface area contributed by atoms with Crippen molar-refractivity contribution >= 4 is 62.6 Å². The Morgan fingerprint density at radius 2 is 1.97 bits per heavy atom. The van der Waals surface area contributed by atoms with Crippen LogP contribution in [0, 0.1) is 6.92 Å². The predicted molar refractivity (Wildman–Crippen MR) is 132 cm³/mol. The third-order valence-electron chi connectivity index (χ3n) is 5.23. The van der Waals surface area contributed by atoms with Crippen molar-refractivity contribution in [3.05, 3.63) is 74.3 Å². The van der Waals surface area contributed by atoms with Crippen LogP contribution in [0.4, 0.5) is 11.6 Å². The van der Waals surface area contributed by atoms with Gasteiger partial charge in [-0.3, -0.25) is 4.79 Å². The Morgan fingerprint density at radius 3 is 2.66 bits per heavy atom. The third-order valence-corrected chi connectivity index (χ3v) is 5.86. The number of H-pyrrole nitrogens is 1. The summed E-state index contributed by atoms with van der Waals surface area (Å²) in [4.78, 5) is 24.5. The summed E-state index contributed by atoms with van der Waals surface area (Å²) < 4.78 is 1.82. The zero-order valence-electron chi connectivity index (χ0n) is 17.4. The van der Waals surface area contributed by atoms with Crippen molar-refractivity contribution in [2.45, 2.75) is 13.3 Å². The van der Waals surface area contributed by atoms with Gasteiger partial charge in [0, 0.05) is 25.4 Å². The average Bonchev–Trinajstić information content (AvgIpc) is 3.06. The Balaban J connectivity index is 1.83. The fourth-order valence-electron chi connectivity index (χ4n) is 3.66. The SMILES string of the molecule is Cc1c(C/C=C/N=C(N)N)[nH]c(=O)c2c1ccc1nc(Nc3c(Cl)cccc3Cl)n(C)c12. The summed E-state index contributed by atoms with van der Waals surface area (Å²) >= 11 is 12.6. The van der Waals surface area contributed by atoms with Gasteiger partial charge >= 0.3 is 0 Å². The Morgan fingerprint density at radius 1 is 1.25 bits per heavy atom. The van der Waals surface area contributed by atoms with Gasteiger partial charge in [-0.1, -0.05) is 41.4 Å². The van der Waals surface area contributed by atoms with Crippen LogP contribution >= 0.6 is 23.2 Å². The minimum Gasteiger partial charge on any atom is -0.370 e. The first-order chi connectivity index (χ1) is 15.3. The number of aromatic nitrogens is 3. The number of hydrogen-bond donors (Lipinski definition) is 4. The van der Waals surface area contributed by atoms with Gasteiger partial charge in [0.05, 0.1) is 32.2 Å².